The molecule has 0 saturated carbocycles. The van der Waals surface area contributed by atoms with E-state index in [1.165, 1.54) is 18.5 Å². The molecule has 7 nitrogen and oxygen atoms in total. The number of hydrogen-bond acceptors (Lipinski definition) is 6. The fourth-order valence-electron chi connectivity index (χ4n) is 3.71. The summed E-state index contributed by atoms with van der Waals surface area (Å²) in [6, 6.07) is 18.0. The summed E-state index contributed by atoms with van der Waals surface area (Å²) in [5.74, 6) is -0.0409. The number of nitriles is 1. The van der Waals surface area contributed by atoms with Crippen LogP contribution in [0.5, 0.6) is 5.75 Å². The Morgan fingerprint density at radius 2 is 1.82 bits per heavy atom. The highest BCUT2D eigenvalue weighted by atomic mass is 19.1. The molecule has 0 atom stereocenters. The number of nitrogens with zero attached hydrogens (tertiary/aromatic N) is 6. The van der Waals surface area contributed by atoms with Gasteiger partial charge >= 0.3 is 0 Å². The van der Waals surface area contributed by atoms with Crippen molar-refractivity contribution in [2.24, 2.45) is 0 Å². The Morgan fingerprint density at radius 1 is 1.00 bits per heavy atom. The molecule has 0 spiro atoms. The van der Waals surface area contributed by atoms with E-state index < -0.39 is 0 Å². The third-order valence-electron chi connectivity index (χ3n) is 5.38. The Kier molecular flexibility index (Phi) is 5.21. The molecule has 8 heteroatoms. The van der Waals surface area contributed by atoms with E-state index in [9.17, 15) is 14.8 Å². The van der Waals surface area contributed by atoms with E-state index in [4.69, 9.17) is 0 Å². The minimum atomic E-state index is -0.299. The van der Waals surface area contributed by atoms with Crippen molar-refractivity contribution in [3.63, 3.8) is 0 Å². The molecule has 3 heterocycles. The van der Waals surface area contributed by atoms with E-state index in [1.54, 1.807) is 35.1 Å². The largest absolute Gasteiger partial charge is 0.504 e. The Morgan fingerprint density at radius 3 is 2.67 bits per heavy atom. The molecule has 0 aliphatic carbocycles. The SMILES string of the molecule is N#Cc1cnccc1Cc1nc(-c2nn(Cc3ccccc3F)c3ccccc23)ncc1O. The maximum absolute atomic E-state index is 14.3. The van der Waals surface area contributed by atoms with Gasteiger partial charge in [-0.05, 0) is 23.8 Å². The fraction of sp³-hybridized carbons (Fsp3) is 0.0800. The summed E-state index contributed by atoms with van der Waals surface area (Å²) in [5, 5.41) is 25.2. The summed E-state index contributed by atoms with van der Waals surface area (Å²) in [5.41, 5.74) is 3.34. The highest BCUT2D eigenvalue weighted by Gasteiger charge is 2.18. The van der Waals surface area contributed by atoms with Gasteiger partial charge in [0.1, 0.15) is 17.6 Å². The van der Waals surface area contributed by atoms with Crippen LogP contribution in [0.2, 0.25) is 0 Å². The summed E-state index contributed by atoms with van der Waals surface area (Å²) >= 11 is 0. The number of pyridine rings is 1. The number of halogens is 1. The molecule has 0 aliphatic heterocycles. The molecule has 0 aliphatic rings. The van der Waals surface area contributed by atoms with E-state index in [0.29, 0.717) is 33.9 Å². The van der Waals surface area contributed by atoms with Crippen LogP contribution < -0.4 is 0 Å². The van der Waals surface area contributed by atoms with Crippen LogP contribution in [0.1, 0.15) is 22.4 Å². The van der Waals surface area contributed by atoms with E-state index in [1.807, 2.05) is 24.3 Å². The first-order chi connectivity index (χ1) is 16.1. The molecule has 0 unspecified atom stereocenters. The van der Waals surface area contributed by atoms with Crippen LogP contribution in [0.15, 0.2) is 73.2 Å². The first-order valence-corrected chi connectivity index (χ1v) is 10.2. The molecule has 5 aromatic rings. The van der Waals surface area contributed by atoms with Crippen molar-refractivity contribution in [2.45, 2.75) is 13.0 Å². The van der Waals surface area contributed by atoms with E-state index >= 15 is 0 Å². The number of aromatic hydroxyl groups is 1. The fourth-order valence-corrected chi connectivity index (χ4v) is 3.71. The summed E-state index contributed by atoms with van der Waals surface area (Å²) in [6.07, 6.45) is 4.63. The molecule has 2 aromatic carbocycles. The second-order valence-corrected chi connectivity index (χ2v) is 7.46. The number of hydrogen-bond donors (Lipinski definition) is 1. The van der Waals surface area contributed by atoms with Gasteiger partial charge in [0.05, 0.1) is 29.5 Å². The molecule has 3 aromatic heterocycles. The Bertz CT molecular complexity index is 1520. The lowest BCUT2D eigenvalue weighted by molar-refractivity contribution is 0.462. The van der Waals surface area contributed by atoms with Crippen LogP contribution in [-0.4, -0.2) is 29.8 Å². The molecule has 0 fully saturated rings. The van der Waals surface area contributed by atoms with Gasteiger partial charge in [-0.1, -0.05) is 36.4 Å². The number of rotatable bonds is 5. The predicted molar refractivity (Wildman–Crippen MR) is 120 cm³/mol. The minimum absolute atomic E-state index is 0.0745. The number of para-hydroxylation sites is 1. The van der Waals surface area contributed by atoms with Gasteiger partial charge in [-0.2, -0.15) is 10.4 Å². The van der Waals surface area contributed by atoms with Crippen molar-refractivity contribution < 1.29 is 9.50 Å². The van der Waals surface area contributed by atoms with E-state index in [0.717, 1.165) is 10.9 Å². The smallest absolute Gasteiger partial charge is 0.181 e. The Balaban J connectivity index is 1.58. The molecular weight excluding hydrogens is 419 g/mol. The van der Waals surface area contributed by atoms with Crippen molar-refractivity contribution in [1.82, 2.24) is 24.7 Å². The minimum Gasteiger partial charge on any atom is -0.504 e. The number of aromatic nitrogens is 5. The first-order valence-electron chi connectivity index (χ1n) is 10.2. The monoisotopic (exact) mass is 436 g/mol. The van der Waals surface area contributed by atoms with Gasteiger partial charge in [-0.25, -0.2) is 14.4 Å². The highest BCUT2D eigenvalue weighted by molar-refractivity contribution is 5.91. The van der Waals surface area contributed by atoms with Crippen molar-refractivity contribution in [3.05, 3.63) is 101 Å². The van der Waals surface area contributed by atoms with Crippen LogP contribution in [0.4, 0.5) is 4.39 Å². The summed E-state index contributed by atoms with van der Waals surface area (Å²) in [4.78, 5) is 12.8. The third kappa shape index (κ3) is 3.88. The molecule has 0 bridgehead atoms. The molecule has 0 amide bonds. The van der Waals surface area contributed by atoms with Crippen LogP contribution in [0, 0.1) is 17.1 Å². The second kappa shape index (κ2) is 8.48. The standard InChI is InChI=1S/C25H17FN6O/c26-20-7-3-1-5-17(20)15-32-22-8-4-2-6-19(22)24(31-32)25-29-14-23(33)21(30-25)11-16-9-10-28-13-18(16)12-27/h1-10,13-14,33H,11,15H2. The lowest BCUT2D eigenvalue weighted by Crippen LogP contribution is -2.04. The van der Waals surface area contributed by atoms with Crippen molar-refractivity contribution in [2.75, 3.05) is 0 Å². The van der Waals surface area contributed by atoms with Crippen LogP contribution in [0.3, 0.4) is 0 Å². The van der Waals surface area contributed by atoms with Crippen molar-refractivity contribution in [3.8, 4) is 23.3 Å². The van der Waals surface area contributed by atoms with Crippen LogP contribution >= 0.6 is 0 Å². The lowest BCUT2D eigenvalue weighted by Gasteiger charge is -2.07. The zero-order valence-corrected chi connectivity index (χ0v) is 17.4. The predicted octanol–water partition coefficient (Wildman–Crippen LogP) is 4.24. The Hall–Kier alpha value is -4.64. The van der Waals surface area contributed by atoms with Gasteiger partial charge < -0.3 is 5.11 Å². The van der Waals surface area contributed by atoms with E-state index in [2.05, 4.69) is 26.1 Å². The Labute approximate surface area is 188 Å². The topological polar surface area (TPSA) is 101 Å². The molecule has 160 valence electrons. The molecule has 5 rings (SSSR count). The molecule has 33 heavy (non-hydrogen) atoms. The third-order valence-corrected chi connectivity index (χ3v) is 5.38. The van der Waals surface area contributed by atoms with Gasteiger partial charge in [0.15, 0.2) is 11.6 Å². The molecule has 0 radical (unpaired) electrons. The average molecular weight is 436 g/mol. The quantitative estimate of drug-likeness (QED) is 0.442. The maximum atomic E-state index is 14.3. The number of benzene rings is 2. The van der Waals surface area contributed by atoms with Gasteiger partial charge in [-0.3, -0.25) is 9.67 Å². The molecule has 1 N–H and O–H groups in total. The van der Waals surface area contributed by atoms with E-state index in [-0.39, 0.29) is 24.5 Å². The van der Waals surface area contributed by atoms with Crippen molar-refractivity contribution in [1.29, 1.82) is 5.26 Å². The highest BCUT2D eigenvalue weighted by Crippen LogP contribution is 2.29. The molecular formula is C25H17FN6O. The second-order valence-electron chi connectivity index (χ2n) is 7.46. The summed E-state index contributed by atoms with van der Waals surface area (Å²) in [6.45, 7) is 0.251. The van der Waals surface area contributed by atoms with Crippen molar-refractivity contribution >= 4 is 10.9 Å². The zero-order chi connectivity index (χ0) is 22.8. The summed E-state index contributed by atoms with van der Waals surface area (Å²) < 4.78 is 16.0. The van der Waals surface area contributed by atoms with Gasteiger partial charge in [0, 0.05) is 29.8 Å². The van der Waals surface area contributed by atoms with Crippen LogP contribution in [0.25, 0.3) is 22.4 Å². The van der Waals surface area contributed by atoms with Gasteiger partial charge in [0.25, 0.3) is 0 Å². The maximum Gasteiger partial charge on any atom is 0.181 e. The normalized spacial score (nSPS) is 10.9. The summed E-state index contributed by atoms with van der Waals surface area (Å²) in [7, 11) is 0. The number of fused-ring (bicyclic) bond motifs is 1. The average Bonchev–Trinajstić information content (AvgIpc) is 3.21. The van der Waals surface area contributed by atoms with Gasteiger partial charge in [-0.15, -0.1) is 0 Å². The van der Waals surface area contributed by atoms with Crippen LogP contribution in [-0.2, 0) is 13.0 Å². The lowest BCUT2D eigenvalue weighted by atomic mass is 10.1. The zero-order valence-electron chi connectivity index (χ0n) is 17.4. The van der Waals surface area contributed by atoms with Gasteiger partial charge in [0.2, 0.25) is 0 Å². The first kappa shape index (κ1) is 20.3. The molecule has 0 saturated heterocycles.